The number of carbonyl (C=O) groups is 15. The molecule has 852 valence electrons. The SMILES string of the molecule is C=C(C)C(=O)OCC(O)COC(=O)C(O)C(O)C(=O)OCC(O)COC(=O)C(=C)C.C=C(C)C(=O)OCC(O)COC(=O)C(O)C(O)C(O)C(O)CO.C=CC(=C)OCCCCOCC(O)COC(=O)C(O)C(O)C(=O)OCC(O)COCCCCOC(=O)C=C.C=CC(=O)NCC(O)CO.C=CC(=O)OC(CO)C(O)C(O)C(O)C(=O)O.C=CC(=O)OCCOC(=O)C(O)C(O)C(O)C(O)CO.C=CC(=O)SCC(O)CO. The molecule has 23 unspecified atom stereocenters. The third-order valence-electron chi connectivity index (χ3n) is 16.2. The van der Waals surface area contributed by atoms with E-state index in [9.17, 15) is 159 Å². The molecule has 0 fully saturated rings. The highest BCUT2D eigenvalue weighted by molar-refractivity contribution is 8.14. The van der Waals surface area contributed by atoms with Gasteiger partial charge in [-0.1, -0.05) is 77.6 Å². The van der Waals surface area contributed by atoms with E-state index >= 15 is 0 Å². The summed E-state index contributed by atoms with van der Waals surface area (Å²) in [5.41, 5.74) is 0.301. The molecule has 0 rings (SSSR count). The molecule has 0 aromatic carbocycles. The Bertz CT molecular complexity index is 3810. The molecule has 0 heterocycles. The minimum Gasteiger partial charge on any atom is -0.494 e. The van der Waals surface area contributed by atoms with Gasteiger partial charge in [-0.15, -0.1) is 0 Å². The van der Waals surface area contributed by atoms with Crippen LogP contribution in [0.3, 0.4) is 0 Å². The summed E-state index contributed by atoms with van der Waals surface area (Å²) in [7, 11) is 0. The molecule has 0 aromatic heterocycles. The van der Waals surface area contributed by atoms with Gasteiger partial charge in [0.2, 0.25) is 11.0 Å². The van der Waals surface area contributed by atoms with E-state index < -0.39 is 291 Å². The third-order valence-corrected chi connectivity index (χ3v) is 17.2. The molecule has 60 heteroatoms. The standard InChI is InChI=1S/C25H40O13.C18H26O12.C13H22O10.C11H18O9.C9H14O8.C6H11NO3.C6H10O3S/c1-4-18(3)35-12-8-6-10-33-14-19(26)16-37-24(31)22(29)23(30)25(32)38-17-20(27)15-34-11-7-9-13-36-21(28)5-2;1-9(2)15(23)27-5-11(19)7-29-17(25)13(21)14(22)18(26)30-8-12(20)6-28-16(24)10(3)4;1-6(2)12(20)22-4-7(15)5-23-13(21)11(19)10(18)9(17)8(16)3-14;1-2-7(14)19-3-4-20-11(18)10(17)9(16)8(15)6(13)5-12;1-2-5(11)17-4(3-10)6(12)7(13)8(14)9(15)16;1-2-6(10)7-3-5(9)4-8;1-2-6(9)10-4-5(8)3-7/h4-5,19-20,22-23,26-27,29-30H,1-3,6-17H2;11-14,19-22H,1,3,5-8H2,2,4H3;7-11,14-19H,1,3-5H2,2H3;2,6,8-10,12-13,15-17H,1,3-5H2;2,4,6-8,10,12-14H,1,3H2,(H,15,16);2,5,8-9H,1,3-4H2,(H,7,10);2,5,7-8H,1,3-4H2. The summed E-state index contributed by atoms with van der Waals surface area (Å²) in [5.74, 6) is -14.2. The fourth-order valence-corrected chi connectivity index (χ4v) is 8.45. The number of nitrogens with one attached hydrogen (secondary N) is 1. The molecule has 59 nitrogen and oxygen atoms in total. The molecule has 0 aromatic rings. The van der Waals surface area contributed by atoms with E-state index in [4.69, 9.17) is 75.1 Å². The second kappa shape index (κ2) is 90.7. The molecule has 148 heavy (non-hydrogen) atoms. The Kier molecular flexibility index (Phi) is 91.7. The van der Waals surface area contributed by atoms with Crippen molar-refractivity contribution >= 4 is 100 Å². The van der Waals surface area contributed by atoms with Crippen LogP contribution in [0.25, 0.3) is 0 Å². The summed E-state index contributed by atoms with van der Waals surface area (Å²) in [4.78, 5) is 167. The molecule has 29 N–H and O–H groups in total. The lowest BCUT2D eigenvalue weighted by Gasteiger charge is -2.26. The maximum absolute atomic E-state index is 11.8. The summed E-state index contributed by atoms with van der Waals surface area (Å²) >= 11 is 0.942. The van der Waals surface area contributed by atoms with E-state index in [2.05, 4.69) is 123 Å². The van der Waals surface area contributed by atoms with Crippen LogP contribution in [-0.2, 0) is 143 Å². The van der Waals surface area contributed by atoms with Crippen LogP contribution in [0.2, 0.25) is 0 Å². The van der Waals surface area contributed by atoms with Crippen LogP contribution in [0.5, 0.6) is 0 Å². The highest BCUT2D eigenvalue weighted by atomic mass is 32.2. The van der Waals surface area contributed by atoms with Gasteiger partial charge in [-0.25, -0.2) is 62.3 Å². The van der Waals surface area contributed by atoms with Crippen molar-refractivity contribution in [3.05, 3.63) is 125 Å². The first kappa shape index (κ1) is 150. The number of aliphatic hydroxyl groups is 27. The number of aliphatic carboxylic acids is 1. The maximum Gasteiger partial charge on any atom is 0.338 e. The third kappa shape index (κ3) is 77.9. The Hall–Kier alpha value is -11.4. The lowest BCUT2D eigenvalue weighted by Crippen LogP contribution is -2.49. The van der Waals surface area contributed by atoms with Gasteiger partial charge < -0.3 is 219 Å². The number of esters is 12. The van der Waals surface area contributed by atoms with E-state index in [0.717, 1.165) is 36.1 Å². The molecule has 0 spiro atoms. The zero-order valence-electron chi connectivity index (χ0n) is 81.1. The summed E-state index contributed by atoms with van der Waals surface area (Å²) < 4.78 is 70.5. The van der Waals surface area contributed by atoms with Crippen molar-refractivity contribution in [3.63, 3.8) is 0 Å². The van der Waals surface area contributed by atoms with E-state index in [1.54, 1.807) is 0 Å². The second-order valence-electron chi connectivity index (χ2n) is 29.3. The number of hydrogen-bond donors (Lipinski definition) is 29. The lowest BCUT2D eigenvalue weighted by atomic mass is 10.0. The van der Waals surface area contributed by atoms with Crippen LogP contribution in [0.15, 0.2) is 125 Å². The minimum absolute atomic E-state index is 0.0569. The number of carboxylic acids is 1. The first-order valence-corrected chi connectivity index (χ1v) is 44.1. The molecule has 0 aliphatic rings. The van der Waals surface area contributed by atoms with Crippen molar-refractivity contribution in [3.8, 4) is 0 Å². The Morgan fingerprint density at radius 1 is 0.291 bits per heavy atom. The molecular formula is C88H141NO58S. The van der Waals surface area contributed by atoms with E-state index in [-0.39, 0.29) is 92.9 Å². The predicted molar refractivity (Wildman–Crippen MR) is 497 cm³/mol. The molecule has 0 aliphatic carbocycles. The van der Waals surface area contributed by atoms with Crippen LogP contribution < -0.4 is 5.32 Å². The number of thioether (sulfide) groups is 1. The van der Waals surface area contributed by atoms with Crippen LogP contribution in [0.1, 0.15) is 46.5 Å². The maximum atomic E-state index is 11.8. The van der Waals surface area contributed by atoms with Gasteiger partial charge in [-0.2, -0.15) is 0 Å². The van der Waals surface area contributed by atoms with Crippen molar-refractivity contribution in [2.45, 2.75) is 187 Å². The molecule has 0 radical (unpaired) electrons. The van der Waals surface area contributed by atoms with Gasteiger partial charge in [0.1, 0.15) is 151 Å². The van der Waals surface area contributed by atoms with E-state index in [1.807, 2.05) is 0 Å². The van der Waals surface area contributed by atoms with E-state index in [0.29, 0.717) is 44.7 Å². The topological polar surface area (TPSA) is 973 Å². The number of carboxylic acid groups (broad SMARTS) is 1. The monoisotopic (exact) mass is 2170 g/mol. The van der Waals surface area contributed by atoms with Gasteiger partial charge in [0.15, 0.2) is 48.8 Å². The summed E-state index contributed by atoms with van der Waals surface area (Å²) in [6.45, 7) is 29.6. The van der Waals surface area contributed by atoms with Gasteiger partial charge in [0, 0.05) is 60.5 Å². The predicted octanol–water partition coefficient (Wildman–Crippen LogP) is -13.9. The van der Waals surface area contributed by atoms with Crippen molar-refractivity contribution in [1.82, 2.24) is 5.32 Å². The zero-order chi connectivity index (χ0) is 116. The molecule has 0 bridgehead atoms. The Morgan fingerprint density at radius 2 is 0.588 bits per heavy atom. The Labute approximate surface area is 851 Å². The van der Waals surface area contributed by atoms with E-state index in [1.165, 1.54) is 32.9 Å². The van der Waals surface area contributed by atoms with Crippen molar-refractivity contribution in [2.75, 3.05) is 151 Å². The smallest absolute Gasteiger partial charge is 0.338 e. The van der Waals surface area contributed by atoms with Gasteiger partial charge >= 0.3 is 77.6 Å². The number of allylic oxidation sites excluding steroid dienone is 1. The first-order valence-electron chi connectivity index (χ1n) is 43.1. The zero-order valence-corrected chi connectivity index (χ0v) is 81.9. The Balaban J connectivity index is -0.000000327. The fraction of sp³-hybridized carbons (Fsp3) is 0.602. The number of ether oxygens (including phenoxy) is 15. The summed E-state index contributed by atoms with van der Waals surface area (Å²) in [5, 5.41) is 259. The summed E-state index contributed by atoms with van der Waals surface area (Å²) in [6, 6.07) is 0. The highest BCUT2D eigenvalue weighted by Gasteiger charge is 2.40. The van der Waals surface area contributed by atoms with Crippen LogP contribution in [-0.4, -0.2) is 523 Å². The first-order chi connectivity index (χ1) is 69.2. The summed E-state index contributed by atoms with van der Waals surface area (Å²) in [6.07, 6.45) is -32.4. The second-order valence-corrected chi connectivity index (χ2v) is 30.3. The van der Waals surface area contributed by atoms with Gasteiger partial charge in [-0.05, 0) is 64.7 Å². The highest BCUT2D eigenvalue weighted by Crippen LogP contribution is 2.14. The van der Waals surface area contributed by atoms with Crippen molar-refractivity contribution < 1.29 is 286 Å². The fourth-order valence-electron chi connectivity index (χ4n) is 7.87. The normalized spacial score (nSPS) is 15.2. The number of carbonyl (C=O) groups excluding carboxylic acids is 14. The number of rotatable bonds is 71. The van der Waals surface area contributed by atoms with Crippen molar-refractivity contribution in [1.29, 1.82) is 0 Å². The molecule has 0 saturated heterocycles. The van der Waals surface area contributed by atoms with Gasteiger partial charge in [0.05, 0.1) is 71.7 Å². The average molecular weight is 2170 g/mol. The number of hydrogen-bond acceptors (Lipinski definition) is 58. The van der Waals surface area contributed by atoms with Crippen molar-refractivity contribution in [2.24, 2.45) is 0 Å². The molecule has 0 saturated carbocycles. The quantitative estimate of drug-likeness (QED) is 0.00671. The largest absolute Gasteiger partial charge is 0.494 e. The minimum atomic E-state index is -2.35. The molecule has 0 aliphatic heterocycles. The number of unbranched alkanes of at least 4 members (excludes halogenated alkanes) is 2. The molecule has 23 atom stereocenters. The van der Waals surface area contributed by atoms with Crippen LogP contribution in [0.4, 0.5) is 0 Å². The number of amides is 1. The van der Waals surface area contributed by atoms with Gasteiger partial charge in [-0.3, -0.25) is 9.59 Å². The molecular weight excluding hydrogens is 2030 g/mol. The number of aliphatic hydroxyl groups excluding tert-OH is 27. The lowest BCUT2D eigenvalue weighted by molar-refractivity contribution is -0.177. The average Bonchev–Trinajstić information content (AvgIpc) is 0.880. The van der Waals surface area contributed by atoms with Gasteiger partial charge in [0.25, 0.3) is 0 Å². The van der Waals surface area contributed by atoms with Crippen LogP contribution in [0, 0.1) is 0 Å². The molecule has 1 amide bonds. The Morgan fingerprint density at radius 3 is 0.885 bits per heavy atom. The van der Waals surface area contributed by atoms with Crippen LogP contribution >= 0.6 is 11.8 Å².